The number of aromatic nitrogens is 1. The van der Waals surface area contributed by atoms with Gasteiger partial charge in [-0.3, -0.25) is 4.79 Å². The highest BCUT2D eigenvalue weighted by Crippen LogP contribution is 2.31. The zero-order valence-corrected chi connectivity index (χ0v) is 20.1. The standard InChI is InChI=1S/C24H21FN4O4S2/c25-18-8-11-21-22(15-18)34-24(27-21)29(26-16-19-5-4-14-33-19)23(30)17-6-9-20(10-7-17)35(31,32)28-12-2-1-3-13-28/h4-11,14-16H,1-3,12-13H2/b26-16+. The van der Waals surface area contributed by atoms with E-state index in [1.165, 1.54) is 59.2 Å². The van der Waals surface area contributed by atoms with Gasteiger partial charge in [-0.1, -0.05) is 17.8 Å². The number of amides is 1. The van der Waals surface area contributed by atoms with Crippen molar-refractivity contribution in [3.8, 4) is 0 Å². The van der Waals surface area contributed by atoms with Crippen molar-refractivity contribution in [2.75, 3.05) is 18.1 Å². The molecule has 0 saturated carbocycles. The SMILES string of the molecule is O=C(c1ccc(S(=O)(=O)N2CCCCC2)cc1)N(/N=C/c1ccco1)c1nc2ccc(F)cc2s1. The van der Waals surface area contributed by atoms with Crippen LogP contribution in [-0.4, -0.2) is 42.9 Å². The van der Waals surface area contributed by atoms with E-state index < -0.39 is 21.7 Å². The first-order valence-corrected chi connectivity index (χ1v) is 13.3. The summed E-state index contributed by atoms with van der Waals surface area (Å²) in [5.74, 6) is -0.498. The Kier molecular flexibility index (Phi) is 6.46. The number of hydrazone groups is 1. The first kappa shape index (κ1) is 23.3. The number of fused-ring (bicyclic) bond motifs is 1. The Morgan fingerprint density at radius 1 is 1.11 bits per heavy atom. The Morgan fingerprint density at radius 2 is 1.89 bits per heavy atom. The van der Waals surface area contributed by atoms with E-state index in [0.29, 0.717) is 29.1 Å². The number of furan rings is 1. The van der Waals surface area contributed by atoms with Gasteiger partial charge in [-0.2, -0.15) is 14.4 Å². The van der Waals surface area contributed by atoms with Crippen molar-refractivity contribution in [1.82, 2.24) is 9.29 Å². The Hall–Kier alpha value is -3.41. The molecule has 0 bridgehead atoms. The van der Waals surface area contributed by atoms with Crippen molar-refractivity contribution in [2.45, 2.75) is 24.2 Å². The van der Waals surface area contributed by atoms with Crippen LogP contribution < -0.4 is 5.01 Å². The average Bonchev–Trinajstić information content (AvgIpc) is 3.54. The maximum atomic E-state index is 13.7. The normalized spacial score (nSPS) is 15.1. The molecule has 4 aromatic rings. The lowest BCUT2D eigenvalue weighted by atomic mass is 10.2. The van der Waals surface area contributed by atoms with E-state index in [4.69, 9.17) is 4.42 Å². The third-order valence-electron chi connectivity index (χ3n) is 5.61. The highest BCUT2D eigenvalue weighted by molar-refractivity contribution is 7.89. The number of piperidine rings is 1. The van der Waals surface area contributed by atoms with Crippen molar-refractivity contribution in [2.24, 2.45) is 5.10 Å². The number of carbonyl (C=O) groups is 1. The number of nitrogens with zero attached hydrogens (tertiary/aromatic N) is 4. The molecule has 5 rings (SSSR count). The number of carbonyl (C=O) groups excluding carboxylic acids is 1. The third kappa shape index (κ3) is 4.88. The topological polar surface area (TPSA) is 96.1 Å². The summed E-state index contributed by atoms with van der Waals surface area (Å²) in [7, 11) is -3.62. The molecule has 0 spiro atoms. The molecule has 2 aromatic heterocycles. The van der Waals surface area contributed by atoms with Gasteiger partial charge in [0.1, 0.15) is 11.6 Å². The van der Waals surface area contributed by atoms with Gasteiger partial charge in [0.25, 0.3) is 5.91 Å². The second-order valence-electron chi connectivity index (χ2n) is 7.97. The van der Waals surface area contributed by atoms with Crippen LogP contribution in [0.25, 0.3) is 10.2 Å². The third-order valence-corrected chi connectivity index (χ3v) is 8.52. The number of rotatable bonds is 6. The molecule has 1 aliphatic rings. The fraction of sp³-hybridized carbons (Fsp3) is 0.208. The molecule has 1 saturated heterocycles. The molecule has 11 heteroatoms. The van der Waals surface area contributed by atoms with Crippen LogP contribution in [0.3, 0.4) is 0 Å². The number of halogens is 1. The van der Waals surface area contributed by atoms with Gasteiger partial charge in [0.05, 0.1) is 27.6 Å². The fourth-order valence-electron chi connectivity index (χ4n) is 3.79. The maximum Gasteiger partial charge on any atom is 0.280 e. The molecule has 2 aromatic carbocycles. The number of thiazole rings is 1. The number of sulfonamides is 1. The van der Waals surface area contributed by atoms with Gasteiger partial charge in [0, 0.05) is 18.7 Å². The van der Waals surface area contributed by atoms with E-state index in [9.17, 15) is 17.6 Å². The van der Waals surface area contributed by atoms with Crippen molar-refractivity contribution in [1.29, 1.82) is 0 Å². The molecular weight excluding hydrogens is 491 g/mol. The van der Waals surface area contributed by atoms with Gasteiger partial charge in [-0.05, 0) is 67.4 Å². The molecule has 0 atom stereocenters. The maximum absolute atomic E-state index is 13.7. The predicted molar refractivity (Wildman–Crippen MR) is 132 cm³/mol. The highest BCUT2D eigenvalue weighted by Gasteiger charge is 2.27. The molecule has 3 heterocycles. The van der Waals surface area contributed by atoms with Gasteiger partial charge in [0.15, 0.2) is 0 Å². The van der Waals surface area contributed by atoms with E-state index in [1.54, 1.807) is 12.1 Å². The zero-order chi connectivity index (χ0) is 24.4. The summed E-state index contributed by atoms with van der Waals surface area (Å²) >= 11 is 1.11. The van der Waals surface area contributed by atoms with E-state index >= 15 is 0 Å². The van der Waals surface area contributed by atoms with Crippen molar-refractivity contribution in [3.63, 3.8) is 0 Å². The van der Waals surface area contributed by atoms with E-state index in [-0.39, 0.29) is 15.6 Å². The Balaban J connectivity index is 1.47. The Morgan fingerprint density at radius 3 is 2.60 bits per heavy atom. The van der Waals surface area contributed by atoms with Crippen LogP contribution >= 0.6 is 11.3 Å². The molecule has 1 amide bonds. The van der Waals surface area contributed by atoms with Crippen molar-refractivity contribution >= 4 is 48.8 Å². The van der Waals surface area contributed by atoms with Gasteiger partial charge in [0.2, 0.25) is 15.2 Å². The molecule has 0 radical (unpaired) electrons. The molecule has 1 fully saturated rings. The largest absolute Gasteiger partial charge is 0.463 e. The molecule has 180 valence electrons. The van der Waals surface area contributed by atoms with E-state index in [0.717, 1.165) is 35.6 Å². The minimum absolute atomic E-state index is 0.136. The Bertz CT molecular complexity index is 1480. The van der Waals surface area contributed by atoms with Gasteiger partial charge >= 0.3 is 0 Å². The molecule has 0 N–H and O–H groups in total. The summed E-state index contributed by atoms with van der Waals surface area (Å²) in [5, 5.41) is 5.60. The van der Waals surface area contributed by atoms with Gasteiger partial charge in [-0.25, -0.2) is 17.8 Å². The Labute approximate surface area is 205 Å². The van der Waals surface area contributed by atoms with Crippen LogP contribution in [0.15, 0.2) is 75.3 Å². The van der Waals surface area contributed by atoms with Crippen LogP contribution in [0.4, 0.5) is 9.52 Å². The molecule has 1 aliphatic heterocycles. The first-order valence-electron chi connectivity index (χ1n) is 11.0. The lowest BCUT2D eigenvalue weighted by Gasteiger charge is -2.25. The molecule has 0 unspecified atom stereocenters. The highest BCUT2D eigenvalue weighted by atomic mass is 32.2. The summed E-state index contributed by atoms with van der Waals surface area (Å²) in [6, 6.07) is 13.3. The van der Waals surface area contributed by atoms with E-state index in [1.807, 2.05) is 0 Å². The van der Waals surface area contributed by atoms with Crippen molar-refractivity contribution in [3.05, 3.63) is 78.0 Å². The number of anilines is 1. The second kappa shape index (κ2) is 9.68. The predicted octanol–water partition coefficient (Wildman–Crippen LogP) is 4.88. The summed E-state index contributed by atoms with van der Waals surface area (Å²) in [6.45, 7) is 0.993. The summed E-state index contributed by atoms with van der Waals surface area (Å²) in [6.07, 6.45) is 5.55. The smallest absolute Gasteiger partial charge is 0.280 e. The van der Waals surface area contributed by atoms with Crippen LogP contribution in [0.1, 0.15) is 35.4 Å². The lowest BCUT2D eigenvalue weighted by molar-refractivity contribution is 0.0987. The van der Waals surface area contributed by atoms with Crippen LogP contribution in [0.5, 0.6) is 0 Å². The molecule has 8 nitrogen and oxygen atoms in total. The molecule has 35 heavy (non-hydrogen) atoms. The quantitative estimate of drug-likeness (QED) is 0.271. The molecular formula is C24H21FN4O4S2. The molecule has 0 aliphatic carbocycles. The summed E-state index contributed by atoms with van der Waals surface area (Å²) < 4.78 is 46.9. The van der Waals surface area contributed by atoms with Crippen LogP contribution in [0, 0.1) is 5.82 Å². The van der Waals surface area contributed by atoms with E-state index in [2.05, 4.69) is 10.1 Å². The average molecular weight is 513 g/mol. The van der Waals surface area contributed by atoms with Crippen LogP contribution in [0.2, 0.25) is 0 Å². The number of hydrogen-bond acceptors (Lipinski definition) is 7. The summed E-state index contributed by atoms with van der Waals surface area (Å²) in [5.41, 5.74) is 0.755. The first-order chi connectivity index (χ1) is 16.9. The van der Waals surface area contributed by atoms with Crippen molar-refractivity contribution < 1.29 is 22.0 Å². The van der Waals surface area contributed by atoms with Crippen LogP contribution in [-0.2, 0) is 10.0 Å². The number of hydrogen-bond donors (Lipinski definition) is 0. The minimum atomic E-state index is -3.62. The fourth-order valence-corrected chi connectivity index (χ4v) is 6.26. The van der Waals surface area contributed by atoms with Gasteiger partial charge in [-0.15, -0.1) is 0 Å². The lowest BCUT2D eigenvalue weighted by Crippen LogP contribution is -2.35. The second-order valence-corrected chi connectivity index (χ2v) is 10.9. The number of benzene rings is 2. The monoisotopic (exact) mass is 512 g/mol. The minimum Gasteiger partial charge on any atom is -0.463 e. The zero-order valence-electron chi connectivity index (χ0n) is 18.5. The summed E-state index contributed by atoms with van der Waals surface area (Å²) in [4.78, 5) is 18.0. The van der Waals surface area contributed by atoms with Gasteiger partial charge < -0.3 is 4.42 Å².